The van der Waals surface area contributed by atoms with Gasteiger partial charge in [0.25, 0.3) is 5.78 Å². The van der Waals surface area contributed by atoms with Crippen LogP contribution >= 0.6 is 0 Å². The molecule has 0 amide bonds. The number of hydrogen-bond acceptors (Lipinski definition) is 4. The first-order chi connectivity index (χ1) is 10.2. The monoisotopic (exact) mass is 278 g/mol. The summed E-state index contributed by atoms with van der Waals surface area (Å²) in [7, 11) is 0. The molecule has 5 heteroatoms. The summed E-state index contributed by atoms with van der Waals surface area (Å²) in [5.41, 5.74) is 3.93. The lowest BCUT2D eigenvalue weighted by Crippen LogP contribution is -2.21. The van der Waals surface area contributed by atoms with Gasteiger partial charge in [0.15, 0.2) is 5.78 Å². The Bertz CT molecular complexity index is 852. The maximum Gasteiger partial charge on any atom is 0.252 e. The molecule has 104 valence electrons. The highest BCUT2D eigenvalue weighted by molar-refractivity contribution is 5.98. The Morgan fingerprint density at radius 1 is 1.29 bits per heavy atom. The van der Waals surface area contributed by atoms with Gasteiger partial charge in [0.2, 0.25) is 0 Å². The van der Waals surface area contributed by atoms with Gasteiger partial charge in [-0.15, -0.1) is 0 Å². The summed E-state index contributed by atoms with van der Waals surface area (Å²) in [6.45, 7) is 2.07. The van der Waals surface area contributed by atoms with Gasteiger partial charge in [-0.1, -0.05) is 29.8 Å². The zero-order valence-electron chi connectivity index (χ0n) is 11.7. The van der Waals surface area contributed by atoms with Gasteiger partial charge in [-0.05, 0) is 24.8 Å². The third-order valence-corrected chi connectivity index (χ3v) is 4.04. The second kappa shape index (κ2) is 4.48. The number of benzene rings is 1. The molecule has 0 aliphatic heterocycles. The number of aromatic nitrogens is 4. The van der Waals surface area contributed by atoms with Crippen molar-refractivity contribution in [1.82, 2.24) is 19.6 Å². The molecule has 0 N–H and O–H groups in total. The van der Waals surface area contributed by atoms with Gasteiger partial charge >= 0.3 is 0 Å². The van der Waals surface area contributed by atoms with Crippen molar-refractivity contribution >= 4 is 11.6 Å². The molecule has 1 atom stereocenters. The maximum atomic E-state index is 12.4. The Labute approximate surface area is 121 Å². The number of Topliss-reactive ketones (excluding diaryl/α,β-unsaturated/α-hetero) is 1. The summed E-state index contributed by atoms with van der Waals surface area (Å²) >= 11 is 0. The maximum absolute atomic E-state index is 12.4. The van der Waals surface area contributed by atoms with Crippen LogP contribution in [-0.2, 0) is 6.42 Å². The number of fused-ring (bicyclic) bond motifs is 2. The zero-order chi connectivity index (χ0) is 14.4. The smallest absolute Gasteiger partial charge is 0.252 e. The van der Waals surface area contributed by atoms with Crippen molar-refractivity contribution in [3.63, 3.8) is 0 Å². The molecule has 2 heterocycles. The number of carbonyl (C=O) groups is 1. The molecule has 0 unspecified atom stereocenters. The molecule has 21 heavy (non-hydrogen) atoms. The van der Waals surface area contributed by atoms with Gasteiger partial charge in [0, 0.05) is 12.6 Å². The van der Waals surface area contributed by atoms with Crippen LogP contribution in [0.4, 0.5) is 0 Å². The SMILES string of the molecule is Cc1cccc([C@@H]2CC(=O)c3cn4ncnc4nc3C2)c1. The lowest BCUT2D eigenvalue weighted by atomic mass is 9.82. The van der Waals surface area contributed by atoms with E-state index >= 15 is 0 Å². The van der Waals surface area contributed by atoms with E-state index in [0.29, 0.717) is 17.8 Å². The van der Waals surface area contributed by atoms with Crippen molar-refractivity contribution < 1.29 is 4.79 Å². The van der Waals surface area contributed by atoms with Gasteiger partial charge in [-0.25, -0.2) is 9.50 Å². The topological polar surface area (TPSA) is 60.2 Å². The highest BCUT2D eigenvalue weighted by Crippen LogP contribution is 2.32. The molecule has 0 spiro atoms. The first-order valence-corrected chi connectivity index (χ1v) is 7.00. The van der Waals surface area contributed by atoms with Crippen LogP contribution in [0.3, 0.4) is 0 Å². The van der Waals surface area contributed by atoms with Crippen molar-refractivity contribution in [3.8, 4) is 0 Å². The van der Waals surface area contributed by atoms with E-state index in [1.807, 2.05) is 6.07 Å². The largest absolute Gasteiger partial charge is 0.294 e. The average molecular weight is 278 g/mol. The zero-order valence-corrected chi connectivity index (χ0v) is 11.7. The molecule has 1 aromatic carbocycles. The number of ketones is 1. The molecule has 2 aromatic heterocycles. The first kappa shape index (κ1) is 12.2. The van der Waals surface area contributed by atoms with Crippen LogP contribution in [-0.4, -0.2) is 25.4 Å². The van der Waals surface area contributed by atoms with E-state index in [0.717, 1.165) is 12.1 Å². The van der Waals surface area contributed by atoms with Gasteiger partial charge in [0.05, 0.1) is 11.3 Å². The number of aryl methyl sites for hydroxylation is 1. The molecule has 0 saturated heterocycles. The molecule has 1 aliphatic carbocycles. The van der Waals surface area contributed by atoms with Crippen molar-refractivity contribution in [1.29, 1.82) is 0 Å². The highest BCUT2D eigenvalue weighted by Gasteiger charge is 2.28. The molecule has 4 rings (SSSR count). The van der Waals surface area contributed by atoms with E-state index in [1.165, 1.54) is 17.5 Å². The molecule has 0 bridgehead atoms. The fourth-order valence-electron chi connectivity index (χ4n) is 2.98. The van der Waals surface area contributed by atoms with Crippen LogP contribution in [0.15, 0.2) is 36.8 Å². The van der Waals surface area contributed by atoms with Gasteiger partial charge in [0.1, 0.15) is 6.33 Å². The Balaban J connectivity index is 1.78. The van der Waals surface area contributed by atoms with Crippen LogP contribution < -0.4 is 0 Å². The number of carbonyl (C=O) groups excluding carboxylic acids is 1. The van der Waals surface area contributed by atoms with Crippen molar-refractivity contribution in [2.75, 3.05) is 0 Å². The van der Waals surface area contributed by atoms with Gasteiger partial charge in [-0.3, -0.25) is 4.79 Å². The minimum Gasteiger partial charge on any atom is -0.294 e. The standard InChI is InChI=1S/C16H14N4O/c1-10-3-2-4-11(5-10)12-6-14-13(15(21)7-12)8-20-16(19-14)17-9-18-20/h2-5,8-9,12H,6-7H2,1H3/t12-/m0/s1. The summed E-state index contributed by atoms with van der Waals surface area (Å²) in [6, 6.07) is 8.35. The average Bonchev–Trinajstić information content (AvgIpc) is 2.92. The molecule has 1 aliphatic rings. The van der Waals surface area contributed by atoms with E-state index in [4.69, 9.17) is 0 Å². The number of nitrogens with zero attached hydrogens (tertiary/aromatic N) is 4. The van der Waals surface area contributed by atoms with Crippen molar-refractivity contribution in [2.45, 2.75) is 25.7 Å². The van der Waals surface area contributed by atoms with E-state index in [1.54, 1.807) is 10.7 Å². The molecule has 5 nitrogen and oxygen atoms in total. The van der Waals surface area contributed by atoms with Crippen LogP contribution in [0.2, 0.25) is 0 Å². The first-order valence-electron chi connectivity index (χ1n) is 7.00. The highest BCUT2D eigenvalue weighted by atomic mass is 16.1. The van der Waals surface area contributed by atoms with E-state index in [-0.39, 0.29) is 11.7 Å². The van der Waals surface area contributed by atoms with Crippen LogP contribution in [0.5, 0.6) is 0 Å². The van der Waals surface area contributed by atoms with Crippen molar-refractivity contribution in [3.05, 3.63) is 59.2 Å². The third-order valence-electron chi connectivity index (χ3n) is 4.04. The summed E-state index contributed by atoms with van der Waals surface area (Å²) in [5, 5.41) is 4.04. The van der Waals surface area contributed by atoms with Crippen LogP contribution in [0.1, 0.15) is 39.5 Å². The third kappa shape index (κ3) is 2.01. The number of hydrogen-bond donors (Lipinski definition) is 0. The van der Waals surface area contributed by atoms with E-state index in [9.17, 15) is 4.79 Å². The molecule has 0 saturated carbocycles. The lowest BCUT2D eigenvalue weighted by molar-refractivity contribution is 0.0962. The van der Waals surface area contributed by atoms with Crippen LogP contribution in [0.25, 0.3) is 5.78 Å². The summed E-state index contributed by atoms with van der Waals surface area (Å²) in [5.74, 6) is 0.877. The summed E-state index contributed by atoms with van der Waals surface area (Å²) in [4.78, 5) is 21.0. The van der Waals surface area contributed by atoms with Crippen molar-refractivity contribution in [2.24, 2.45) is 0 Å². The Hall–Kier alpha value is -2.56. The van der Waals surface area contributed by atoms with Gasteiger partial charge < -0.3 is 0 Å². The lowest BCUT2D eigenvalue weighted by Gasteiger charge is -2.23. The molecule has 3 aromatic rings. The summed E-state index contributed by atoms with van der Waals surface area (Å²) in [6.07, 6.45) is 4.50. The second-order valence-corrected chi connectivity index (χ2v) is 5.55. The molecule has 0 fully saturated rings. The predicted octanol–water partition coefficient (Wildman–Crippen LogP) is 2.35. The Morgan fingerprint density at radius 3 is 3.05 bits per heavy atom. The molecular weight excluding hydrogens is 264 g/mol. The van der Waals surface area contributed by atoms with Gasteiger partial charge in [-0.2, -0.15) is 10.1 Å². The molecular formula is C16H14N4O. The quantitative estimate of drug-likeness (QED) is 0.685. The fraction of sp³-hybridized carbons (Fsp3) is 0.250. The van der Waals surface area contributed by atoms with E-state index in [2.05, 4.69) is 40.2 Å². The Kier molecular flexibility index (Phi) is 2.60. The normalized spacial score (nSPS) is 18.0. The molecule has 0 radical (unpaired) electrons. The minimum absolute atomic E-state index is 0.132. The second-order valence-electron chi connectivity index (χ2n) is 5.55. The van der Waals surface area contributed by atoms with E-state index < -0.39 is 0 Å². The predicted molar refractivity (Wildman–Crippen MR) is 77.4 cm³/mol. The minimum atomic E-state index is 0.132. The van der Waals surface area contributed by atoms with Crippen LogP contribution in [0, 0.1) is 6.92 Å². The summed E-state index contributed by atoms with van der Waals surface area (Å²) < 4.78 is 1.56. The number of rotatable bonds is 1. The Morgan fingerprint density at radius 2 is 2.19 bits per heavy atom. The fourth-order valence-corrected chi connectivity index (χ4v) is 2.98.